The highest BCUT2D eigenvalue weighted by Gasteiger charge is 2.44. The van der Waals surface area contributed by atoms with Crippen molar-refractivity contribution in [2.45, 2.75) is 104 Å². The normalized spacial score (nSPS) is 15.8. The number of aliphatic hydroxyl groups is 1. The Labute approximate surface area is 393 Å². The Balaban J connectivity index is 0.895. The Kier molecular flexibility index (Phi) is 17.5. The predicted octanol–water partition coefficient (Wildman–Crippen LogP) is 8.63. The van der Waals surface area contributed by atoms with Crippen molar-refractivity contribution < 1.29 is 34.4 Å². The number of carbonyl (C=O) groups excluding carboxylic acids is 3. The number of thiazole rings is 1. The number of amides is 3. The summed E-state index contributed by atoms with van der Waals surface area (Å²) in [5.41, 5.74) is 9.34. The lowest BCUT2D eigenvalue weighted by atomic mass is 9.85. The summed E-state index contributed by atoms with van der Waals surface area (Å²) in [7, 11) is 0. The molecule has 4 aromatic carbocycles. The molecule has 3 atom stereocenters. The zero-order valence-electron chi connectivity index (χ0n) is 38.8. The lowest BCUT2D eigenvalue weighted by molar-refractivity contribution is -0.144. The highest BCUT2D eigenvalue weighted by atomic mass is 32.1. The van der Waals surface area contributed by atoms with Gasteiger partial charge in [0.25, 0.3) is 0 Å². The van der Waals surface area contributed by atoms with Crippen molar-refractivity contribution in [2.75, 3.05) is 26.2 Å². The van der Waals surface area contributed by atoms with Crippen molar-refractivity contribution in [1.82, 2.24) is 25.8 Å². The number of likely N-dealkylation sites (tertiary alicyclic amines) is 1. The van der Waals surface area contributed by atoms with E-state index in [0.29, 0.717) is 19.6 Å². The predicted molar refractivity (Wildman–Crippen MR) is 262 cm³/mol. The van der Waals surface area contributed by atoms with Gasteiger partial charge in [-0.1, -0.05) is 101 Å². The summed E-state index contributed by atoms with van der Waals surface area (Å²) in [6.07, 6.45) is 3.81. The molecule has 3 amide bonds. The van der Waals surface area contributed by atoms with E-state index in [0.717, 1.165) is 87.5 Å². The number of β-amino-alcohol motifs (C(OH)–C–C–N with tert-alkyl or cyclic N) is 1. The second kappa shape index (κ2) is 23.4. The van der Waals surface area contributed by atoms with E-state index in [1.165, 1.54) is 4.90 Å². The van der Waals surface area contributed by atoms with Crippen LogP contribution in [0.15, 0.2) is 103 Å². The standard InChI is InChI=1S/C53H65N5O7S/c1-6-45(37-16-22-41(59)23-17-37)48(38-18-24-42(60)25-19-38)39-20-26-44(27-21-39)65-30-29-54-28-10-8-7-9-11-47(62)57-50(53(3,4)5)52(64)58-33-43(61)31-46(58)51(63)55-32-36-12-14-40(15-13-36)49-35(2)56-34-66-49/h12-27,34,43,46,50,54,59-61H,6-11,28-33H2,1-5H3,(H,55,63)(H,57,62)/t43-,46+,50-/m1/s1. The molecule has 1 aromatic heterocycles. The number of unbranched alkanes of at least 4 members (excludes halogenated alkanes) is 3. The van der Waals surface area contributed by atoms with Crippen LogP contribution in [-0.2, 0) is 20.9 Å². The van der Waals surface area contributed by atoms with Crippen LogP contribution in [0, 0.1) is 12.3 Å². The minimum absolute atomic E-state index is 0.0286. The molecule has 0 spiro atoms. The number of phenolic OH excluding ortho intramolecular Hbond substituents is 2. The Morgan fingerprint density at radius 2 is 1.45 bits per heavy atom. The van der Waals surface area contributed by atoms with Crippen LogP contribution in [0.5, 0.6) is 17.2 Å². The molecule has 13 heteroatoms. The van der Waals surface area contributed by atoms with Gasteiger partial charge in [-0.05, 0) is 114 Å². The third kappa shape index (κ3) is 13.5. The largest absolute Gasteiger partial charge is 0.508 e. The topological polar surface area (TPSA) is 173 Å². The van der Waals surface area contributed by atoms with Gasteiger partial charge in [0.05, 0.1) is 22.2 Å². The van der Waals surface area contributed by atoms with Crippen molar-refractivity contribution in [1.29, 1.82) is 0 Å². The number of phenols is 2. The van der Waals surface area contributed by atoms with Crippen molar-refractivity contribution in [3.05, 3.63) is 131 Å². The number of nitrogens with zero attached hydrogens (tertiary/aromatic N) is 2. The van der Waals surface area contributed by atoms with E-state index in [2.05, 4.69) is 27.9 Å². The number of hydrogen-bond acceptors (Lipinski definition) is 10. The van der Waals surface area contributed by atoms with Gasteiger partial charge in [0.15, 0.2) is 0 Å². The molecule has 5 aromatic rings. The second-order valence-corrected chi connectivity index (χ2v) is 18.9. The van der Waals surface area contributed by atoms with Crippen LogP contribution in [0.2, 0.25) is 0 Å². The third-order valence-corrected chi connectivity index (χ3v) is 12.9. The summed E-state index contributed by atoms with van der Waals surface area (Å²) in [6.45, 7) is 12.1. The lowest BCUT2D eigenvalue weighted by Crippen LogP contribution is -2.57. The molecule has 350 valence electrons. The van der Waals surface area contributed by atoms with E-state index in [9.17, 15) is 29.7 Å². The number of benzene rings is 4. The average molecular weight is 916 g/mol. The summed E-state index contributed by atoms with van der Waals surface area (Å²) in [5.74, 6) is 0.277. The number of hydrogen-bond donors (Lipinski definition) is 6. The number of aromatic hydroxyl groups is 2. The molecule has 0 radical (unpaired) electrons. The molecule has 1 aliphatic heterocycles. The Hall–Kier alpha value is -6.02. The quantitative estimate of drug-likeness (QED) is 0.0311. The number of aromatic nitrogens is 1. The number of ether oxygens (including phenoxy) is 1. The van der Waals surface area contributed by atoms with Crippen molar-refractivity contribution >= 4 is 40.2 Å². The van der Waals surface area contributed by atoms with Crippen LogP contribution in [0.25, 0.3) is 21.6 Å². The molecule has 1 aliphatic rings. The SMILES string of the molecule is CCC(=C(c1ccc(O)cc1)c1ccc(OCCNCCCCCCC(=O)N[C@H](C(=O)N2C[C@H](O)C[C@H]2C(=O)NCc2ccc(-c3scnc3C)cc2)C(C)(C)C)cc1)c1ccc(O)cc1. The summed E-state index contributed by atoms with van der Waals surface area (Å²) in [6, 6.07) is 28.7. The molecule has 0 unspecified atom stereocenters. The van der Waals surface area contributed by atoms with Crippen LogP contribution in [-0.4, -0.2) is 87.4 Å². The highest BCUT2D eigenvalue weighted by Crippen LogP contribution is 2.36. The molecular weight excluding hydrogens is 851 g/mol. The smallest absolute Gasteiger partial charge is 0.246 e. The van der Waals surface area contributed by atoms with Crippen LogP contribution in [0.3, 0.4) is 0 Å². The number of carbonyl (C=O) groups is 3. The van der Waals surface area contributed by atoms with Crippen LogP contribution in [0.4, 0.5) is 0 Å². The maximum absolute atomic E-state index is 14.0. The van der Waals surface area contributed by atoms with Crippen molar-refractivity contribution in [3.63, 3.8) is 0 Å². The summed E-state index contributed by atoms with van der Waals surface area (Å²) < 4.78 is 6.04. The van der Waals surface area contributed by atoms with Crippen LogP contribution >= 0.6 is 11.3 Å². The summed E-state index contributed by atoms with van der Waals surface area (Å²) in [5, 5.41) is 39.8. The molecule has 6 N–H and O–H groups in total. The Bertz CT molecular complexity index is 2390. The molecule has 1 fully saturated rings. The van der Waals surface area contributed by atoms with E-state index < -0.39 is 23.6 Å². The first-order valence-corrected chi connectivity index (χ1v) is 23.9. The number of aliphatic hydroxyl groups excluding tert-OH is 1. The third-order valence-electron chi connectivity index (χ3n) is 11.9. The number of nitrogens with one attached hydrogen (secondary N) is 3. The zero-order valence-corrected chi connectivity index (χ0v) is 39.6. The van der Waals surface area contributed by atoms with E-state index in [4.69, 9.17) is 4.74 Å². The molecule has 2 heterocycles. The van der Waals surface area contributed by atoms with E-state index in [1.54, 1.807) is 35.6 Å². The maximum Gasteiger partial charge on any atom is 0.246 e. The molecule has 6 rings (SSSR count). The Morgan fingerprint density at radius 1 is 0.833 bits per heavy atom. The first-order chi connectivity index (χ1) is 31.7. The minimum Gasteiger partial charge on any atom is -0.508 e. The van der Waals surface area contributed by atoms with Gasteiger partial charge in [-0.2, -0.15) is 0 Å². The maximum atomic E-state index is 14.0. The minimum atomic E-state index is -0.858. The average Bonchev–Trinajstić information content (AvgIpc) is 3.92. The van der Waals surface area contributed by atoms with Gasteiger partial charge in [0, 0.05) is 32.5 Å². The number of aryl methyl sites for hydroxylation is 1. The number of allylic oxidation sites excluding steroid dienone is 1. The first kappa shape index (κ1) is 49.4. The van der Waals surface area contributed by atoms with E-state index >= 15 is 0 Å². The van der Waals surface area contributed by atoms with Gasteiger partial charge in [0.1, 0.15) is 35.9 Å². The van der Waals surface area contributed by atoms with Crippen LogP contribution < -0.4 is 20.7 Å². The fourth-order valence-corrected chi connectivity index (χ4v) is 9.13. The van der Waals surface area contributed by atoms with Gasteiger partial charge < -0.3 is 40.9 Å². The van der Waals surface area contributed by atoms with Gasteiger partial charge in [-0.25, -0.2) is 4.98 Å². The van der Waals surface area contributed by atoms with Gasteiger partial charge in [-0.3, -0.25) is 14.4 Å². The fourth-order valence-electron chi connectivity index (χ4n) is 8.32. The molecule has 66 heavy (non-hydrogen) atoms. The van der Waals surface area contributed by atoms with Crippen molar-refractivity contribution in [3.8, 4) is 27.7 Å². The fraction of sp³-hybridized carbons (Fsp3) is 0.396. The van der Waals surface area contributed by atoms with E-state index in [1.807, 2.05) is 106 Å². The van der Waals surface area contributed by atoms with Crippen molar-refractivity contribution in [2.24, 2.45) is 5.41 Å². The zero-order chi connectivity index (χ0) is 47.2. The van der Waals surface area contributed by atoms with Gasteiger partial charge >= 0.3 is 0 Å². The molecule has 12 nitrogen and oxygen atoms in total. The Morgan fingerprint density at radius 3 is 2.06 bits per heavy atom. The van der Waals surface area contributed by atoms with E-state index in [-0.39, 0.29) is 55.2 Å². The molecule has 0 saturated carbocycles. The molecule has 1 saturated heterocycles. The first-order valence-electron chi connectivity index (χ1n) is 23.0. The number of rotatable bonds is 21. The monoisotopic (exact) mass is 915 g/mol. The highest BCUT2D eigenvalue weighted by molar-refractivity contribution is 7.13. The summed E-state index contributed by atoms with van der Waals surface area (Å²) in [4.78, 5) is 47.5. The van der Waals surface area contributed by atoms with Gasteiger partial charge in [0.2, 0.25) is 17.7 Å². The molecular formula is C53H65N5O7S. The lowest BCUT2D eigenvalue weighted by Gasteiger charge is -2.35. The molecule has 0 bridgehead atoms. The van der Waals surface area contributed by atoms with Gasteiger partial charge in [-0.15, -0.1) is 11.3 Å². The summed E-state index contributed by atoms with van der Waals surface area (Å²) >= 11 is 1.58. The molecule has 0 aliphatic carbocycles. The second-order valence-electron chi connectivity index (χ2n) is 18.0. The van der Waals surface area contributed by atoms with Crippen LogP contribution in [0.1, 0.15) is 101 Å².